The van der Waals surface area contributed by atoms with Crippen molar-refractivity contribution < 1.29 is 13.9 Å². The molecular weight excluding hydrogens is 235 g/mol. The van der Waals surface area contributed by atoms with Crippen LogP contribution < -0.4 is 10.1 Å². The van der Waals surface area contributed by atoms with E-state index in [1.165, 1.54) is 12.1 Å². The molecule has 1 amide bonds. The molecular formula is C13H15FN2O2. The number of benzene rings is 1. The van der Waals surface area contributed by atoms with Gasteiger partial charge in [0.1, 0.15) is 0 Å². The zero-order chi connectivity index (χ0) is 13.4. The number of ether oxygens (including phenoxy) is 1. The summed E-state index contributed by atoms with van der Waals surface area (Å²) in [5.74, 6) is -0.956. The maximum Gasteiger partial charge on any atom is 0.257 e. The molecule has 0 saturated heterocycles. The molecule has 0 bridgehead atoms. The van der Waals surface area contributed by atoms with Gasteiger partial charge < -0.3 is 10.1 Å². The van der Waals surface area contributed by atoms with Gasteiger partial charge in [-0.3, -0.25) is 4.79 Å². The van der Waals surface area contributed by atoms with Gasteiger partial charge in [-0.1, -0.05) is 13.3 Å². The Bertz CT molecular complexity index is 455. The van der Waals surface area contributed by atoms with Crippen molar-refractivity contribution in [2.75, 3.05) is 13.2 Å². The summed E-state index contributed by atoms with van der Waals surface area (Å²) in [6.07, 6.45) is 1.89. The number of nitrogens with zero attached hydrogens (tertiary/aromatic N) is 1. The second kappa shape index (κ2) is 7.28. The molecule has 0 spiro atoms. The standard InChI is InChI=1S/C13H15FN2O2/c1-2-3-6-16-13(17)9-18-12-5-4-10(8-15)7-11(12)14/h4-5,7H,2-3,6,9H2,1H3,(H,16,17). The van der Waals surface area contributed by atoms with Gasteiger partial charge in [0.2, 0.25) is 0 Å². The number of nitrogens with one attached hydrogen (secondary N) is 1. The van der Waals surface area contributed by atoms with Crippen LogP contribution in [0, 0.1) is 17.1 Å². The molecule has 18 heavy (non-hydrogen) atoms. The summed E-state index contributed by atoms with van der Waals surface area (Å²) in [6.45, 7) is 2.38. The number of nitriles is 1. The number of halogens is 1. The fraction of sp³-hybridized carbons (Fsp3) is 0.385. The molecule has 0 unspecified atom stereocenters. The second-order valence-corrected chi connectivity index (χ2v) is 3.75. The molecule has 0 aliphatic carbocycles. The van der Waals surface area contributed by atoms with Crippen LogP contribution in [0.2, 0.25) is 0 Å². The molecule has 0 fully saturated rings. The van der Waals surface area contributed by atoms with Crippen molar-refractivity contribution in [3.8, 4) is 11.8 Å². The fourth-order valence-electron chi connectivity index (χ4n) is 1.29. The van der Waals surface area contributed by atoms with Gasteiger partial charge in [0.15, 0.2) is 18.2 Å². The highest BCUT2D eigenvalue weighted by molar-refractivity contribution is 5.77. The number of hydrogen-bond acceptors (Lipinski definition) is 3. The summed E-state index contributed by atoms with van der Waals surface area (Å²) in [7, 11) is 0. The summed E-state index contributed by atoms with van der Waals surface area (Å²) >= 11 is 0. The van der Waals surface area contributed by atoms with E-state index in [9.17, 15) is 9.18 Å². The average molecular weight is 250 g/mol. The molecule has 0 saturated carbocycles. The smallest absolute Gasteiger partial charge is 0.257 e. The van der Waals surface area contributed by atoms with Crippen LogP contribution in [-0.4, -0.2) is 19.1 Å². The highest BCUT2D eigenvalue weighted by atomic mass is 19.1. The van der Waals surface area contributed by atoms with E-state index in [4.69, 9.17) is 10.00 Å². The molecule has 0 aromatic heterocycles. The lowest BCUT2D eigenvalue weighted by Crippen LogP contribution is -2.29. The Labute approximate surface area is 105 Å². The number of rotatable bonds is 6. The topological polar surface area (TPSA) is 62.1 Å². The molecule has 1 N–H and O–H groups in total. The van der Waals surface area contributed by atoms with Crippen LogP contribution in [0.25, 0.3) is 0 Å². The Hall–Kier alpha value is -2.09. The van der Waals surface area contributed by atoms with Crippen LogP contribution >= 0.6 is 0 Å². The van der Waals surface area contributed by atoms with Gasteiger partial charge in [-0.15, -0.1) is 0 Å². The Balaban J connectivity index is 2.44. The van der Waals surface area contributed by atoms with E-state index in [1.54, 1.807) is 0 Å². The van der Waals surface area contributed by atoms with Crippen molar-refractivity contribution >= 4 is 5.91 Å². The molecule has 0 atom stereocenters. The maximum absolute atomic E-state index is 13.4. The number of hydrogen-bond donors (Lipinski definition) is 1. The average Bonchev–Trinajstić information content (AvgIpc) is 2.37. The van der Waals surface area contributed by atoms with E-state index >= 15 is 0 Å². The summed E-state index contributed by atoms with van der Waals surface area (Å²) in [4.78, 5) is 11.3. The van der Waals surface area contributed by atoms with Crippen LogP contribution in [0.3, 0.4) is 0 Å². The van der Waals surface area contributed by atoms with Crippen LogP contribution in [-0.2, 0) is 4.79 Å². The van der Waals surface area contributed by atoms with E-state index in [0.717, 1.165) is 18.9 Å². The third-order valence-electron chi connectivity index (χ3n) is 2.27. The Morgan fingerprint density at radius 3 is 2.94 bits per heavy atom. The van der Waals surface area contributed by atoms with Crippen molar-refractivity contribution in [2.45, 2.75) is 19.8 Å². The SMILES string of the molecule is CCCCNC(=O)COc1ccc(C#N)cc1F. The molecule has 0 aliphatic rings. The third kappa shape index (κ3) is 4.42. The van der Waals surface area contributed by atoms with Gasteiger partial charge in [-0.2, -0.15) is 5.26 Å². The van der Waals surface area contributed by atoms with Gasteiger partial charge in [-0.05, 0) is 24.6 Å². The first-order valence-corrected chi connectivity index (χ1v) is 5.76. The lowest BCUT2D eigenvalue weighted by atomic mass is 10.2. The zero-order valence-corrected chi connectivity index (χ0v) is 10.2. The van der Waals surface area contributed by atoms with Gasteiger partial charge in [0, 0.05) is 6.54 Å². The lowest BCUT2D eigenvalue weighted by Gasteiger charge is -2.07. The highest BCUT2D eigenvalue weighted by Crippen LogP contribution is 2.17. The Kier molecular flexibility index (Phi) is 5.65. The molecule has 1 aromatic rings. The Morgan fingerprint density at radius 2 is 2.33 bits per heavy atom. The Morgan fingerprint density at radius 1 is 1.56 bits per heavy atom. The minimum absolute atomic E-state index is 0.0281. The molecule has 0 aliphatic heterocycles. The summed E-state index contributed by atoms with van der Waals surface area (Å²) in [5, 5.41) is 11.2. The van der Waals surface area contributed by atoms with Crippen molar-refractivity contribution in [1.82, 2.24) is 5.32 Å². The van der Waals surface area contributed by atoms with Crippen molar-refractivity contribution in [3.05, 3.63) is 29.6 Å². The van der Waals surface area contributed by atoms with Crippen LogP contribution in [0.15, 0.2) is 18.2 Å². The fourth-order valence-corrected chi connectivity index (χ4v) is 1.29. The highest BCUT2D eigenvalue weighted by Gasteiger charge is 2.07. The minimum atomic E-state index is -0.643. The first-order valence-electron chi connectivity index (χ1n) is 5.76. The van der Waals surface area contributed by atoms with E-state index in [-0.39, 0.29) is 23.8 Å². The zero-order valence-electron chi connectivity index (χ0n) is 10.2. The van der Waals surface area contributed by atoms with E-state index < -0.39 is 5.82 Å². The quantitative estimate of drug-likeness (QED) is 0.785. The predicted molar refractivity (Wildman–Crippen MR) is 64.5 cm³/mol. The van der Waals surface area contributed by atoms with Crippen LogP contribution in [0.5, 0.6) is 5.75 Å². The van der Waals surface area contributed by atoms with Crippen molar-refractivity contribution in [3.63, 3.8) is 0 Å². The second-order valence-electron chi connectivity index (χ2n) is 3.75. The number of unbranched alkanes of at least 4 members (excludes halogenated alkanes) is 1. The molecule has 4 nitrogen and oxygen atoms in total. The van der Waals surface area contributed by atoms with Gasteiger partial charge in [0.05, 0.1) is 11.6 Å². The maximum atomic E-state index is 13.4. The van der Waals surface area contributed by atoms with E-state index in [0.29, 0.717) is 6.54 Å². The summed E-state index contributed by atoms with van der Waals surface area (Å²) in [5.41, 5.74) is 0.215. The van der Waals surface area contributed by atoms with Crippen LogP contribution in [0.1, 0.15) is 25.3 Å². The first-order chi connectivity index (χ1) is 8.67. The van der Waals surface area contributed by atoms with E-state index in [2.05, 4.69) is 5.32 Å². The minimum Gasteiger partial charge on any atom is -0.481 e. The number of amides is 1. The molecule has 0 heterocycles. The normalized spacial score (nSPS) is 9.61. The van der Waals surface area contributed by atoms with Crippen molar-refractivity contribution in [2.24, 2.45) is 0 Å². The number of carbonyl (C=O) groups is 1. The third-order valence-corrected chi connectivity index (χ3v) is 2.27. The summed E-state index contributed by atoms with van der Waals surface area (Å²) in [6, 6.07) is 5.67. The number of carbonyl (C=O) groups excluding carboxylic acids is 1. The molecule has 5 heteroatoms. The molecule has 1 rings (SSSR count). The lowest BCUT2D eigenvalue weighted by molar-refractivity contribution is -0.123. The molecule has 96 valence electrons. The van der Waals surface area contributed by atoms with Crippen molar-refractivity contribution in [1.29, 1.82) is 5.26 Å². The van der Waals surface area contributed by atoms with Crippen LogP contribution in [0.4, 0.5) is 4.39 Å². The van der Waals surface area contributed by atoms with Gasteiger partial charge in [-0.25, -0.2) is 4.39 Å². The van der Waals surface area contributed by atoms with Gasteiger partial charge in [0.25, 0.3) is 5.91 Å². The monoisotopic (exact) mass is 250 g/mol. The van der Waals surface area contributed by atoms with E-state index in [1.807, 2.05) is 13.0 Å². The predicted octanol–water partition coefficient (Wildman–Crippen LogP) is 1.99. The largest absolute Gasteiger partial charge is 0.481 e. The first kappa shape index (κ1) is 14.0. The summed E-state index contributed by atoms with van der Waals surface area (Å²) < 4.78 is 18.4. The van der Waals surface area contributed by atoms with Gasteiger partial charge >= 0.3 is 0 Å². The molecule has 1 aromatic carbocycles. The molecule has 0 radical (unpaired) electrons.